The molecule has 0 radical (unpaired) electrons. The molecule has 0 spiro atoms. The zero-order chi connectivity index (χ0) is 9.80. The third-order valence-electron chi connectivity index (χ3n) is 4.71. The van der Waals surface area contributed by atoms with Crippen molar-refractivity contribution >= 4 is 0 Å². The highest BCUT2D eigenvalue weighted by Crippen LogP contribution is 2.38. The molecule has 2 rings (SSSR count). The van der Waals surface area contributed by atoms with Crippen LogP contribution in [0.3, 0.4) is 0 Å². The highest BCUT2D eigenvalue weighted by molar-refractivity contribution is 4.77. The molecule has 0 heterocycles. The molecule has 0 heteroatoms. The van der Waals surface area contributed by atoms with E-state index in [0.29, 0.717) is 0 Å². The van der Waals surface area contributed by atoms with Crippen molar-refractivity contribution in [3.8, 4) is 0 Å². The highest BCUT2D eigenvalue weighted by Gasteiger charge is 2.26. The Hall–Kier alpha value is 0. The van der Waals surface area contributed by atoms with E-state index in [1.165, 1.54) is 44.9 Å². The molecule has 0 aromatic rings. The van der Waals surface area contributed by atoms with Gasteiger partial charge < -0.3 is 0 Å². The van der Waals surface area contributed by atoms with Crippen LogP contribution >= 0.6 is 0 Å². The zero-order valence-corrected chi connectivity index (χ0v) is 9.80. The SMILES string of the molecule is CC1CCC1CCCC1CCCCC1. The maximum absolute atomic E-state index is 2.44. The predicted molar refractivity (Wildman–Crippen MR) is 62.3 cm³/mol. The summed E-state index contributed by atoms with van der Waals surface area (Å²) in [7, 11) is 0. The van der Waals surface area contributed by atoms with Crippen molar-refractivity contribution in [3.63, 3.8) is 0 Å². The van der Waals surface area contributed by atoms with E-state index >= 15 is 0 Å². The van der Waals surface area contributed by atoms with Gasteiger partial charge in [0.05, 0.1) is 0 Å². The van der Waals surface area contributed by atoms with Crippen molar-refractivity contribution in [2.45, 2.75) is 71.1 Å². The molecular formula is C14H26. The molecule has 82 valence electrons. The summed E-state index contributed by atoms with van der Waals surface area (Å²) in [6, 6.07) is 0. The van der Waals surface area contributed by atoms with E-state index in [9.17, 15) is 0 Å². The lowest BCUT2D eigenvalue weighted by molar-refractivity contribution is 0.173. The lowest BCUT2D eigenvalue weighted by Crippen LogP contribution is -2.22. The standard InChI is InChI=1S/C14H26/c1-12-10-11-14(12)9-5-8-13-6-3-2-4-7-13/h12-14H,2-11H2,1H3. The normalized spacial score (nSPS) is 34.1. The van der Waals surface area contributed by atoms with Crippen molar-refractivity contribution < 1.29 is 0 Å². The van der Waals surface area contributed by atoms with Gasteiger partial charge in [-0.1, -0.05) is 64.7 Å². The molecule has 0 bridgehead atoms. The molecule has 0 nitrogen and oxygen atoms in total. The summed E-state index contributed by atoms with van der Waals surface area (Å²) in [6.45, 7) is 2.44. The van der Waals surface area contributed by atoms with Gasteiger partial charge in [-0.3, -0.25) is 0 Å². The minimum atomic E-state index is 1.06. The summed E-state index contributed by atoms with van der Waals surface area (Å²) >= 11 is 0. The molecule has 2 saturated carbocycles. The smallest absolute Gasteiger partial charge is 0.0388 e. The average Bonchev–Trinajstić information content (AvgIpc) is 2.24. The van der Waals surface area contributed by atoms with Gasteiger partial charge in [0.25, 0.3) is 0 Å². The summed E-state index contributed by atoms with van der Waals surface area (Å²) in [6.07, 6.45) is 15.3. The molecule has 2 fully saturated rings. The fourth-order valence-corrected chi connectivity index (χ4v) is 3.31. The lowest BCUT2D eigenvalue weighted by atomic mass is 9.72. The van der Waals surface area contributed by atoms with Crippen LogP contribution in [0.4, 0.5) is 0 Å². The Morgan fingerprint density at radius 3 is 2.21 bits per heavy atom. The molecule has 2 atom stereocenters. The summed E-state index contributed by atoms with van der Waals surface area (Å²) in [4.78, 5) is 0. The molecule has 0 amide bonds. The van der Waals surface area contributed by atoms with Crippen LogP contribution in [0, 0.1) is 17.8 Å². The van der Waals surface area contributed by atoms with E-state index in [1.807, 2.05) is 0 Å². The molecule has 0 aromatic heterocycles. The number of hydrogen-bond acceptors (Lipinski definition) is 0. The molecule has 2 unspecified atom stereocenters. The van der Waals surface area contributed by atoms with Crippen LogP contribution in [-0.2, 0) is 0 Å². The van der Waals surface area contributed by atoms with Gasteiger partial charge in [-0.15, -0.1) is 0 Å². The second-order valence-corrected chi connectivity index (χ2v) is 5.75. The summed E-state index contributed by atoms with van der Waals surface area (Å²) in [5.74, 6) is 3.28. The second kappa shape index (κ2) is 5.19. The molecule has 2 aliphatic rings. The van der Waals surface area contributed by atoms with Crippen molar-refractivity contribution in [2.24, 2.45) is 17.8 Å². The lowest BCUT2D eigenvalue weighted by Gasteiger charge is -2.34. The highest BCUT2D eigenvalue weighted by atomic mass is 14.3. The van der Waals surface area contributed by atoms with E-state index in [1.54, 1.807) is 19.3 Å². The fourth-order valence-electron chi connectivity index (χ4n) is 3.31. The Bertz CT molecular complexity index is 155. The minimum Gasteiger partial charge on any atom is -0.0622 e. The summed E-state index contributed by atoms with van der Waals surface area (Å²) in [5.41, 5.74) is 0. The van der Waals surface area contributed by atoms with Gasteiger partial charge in [0.15, 0.2) is 0 Å². The van der Waals surface area contributed by atoms with Crippen LogP contribution < -0.4 is 0 Å². The van der Waals surface area contributed by atoms with Crippen LogP contribution in [0.2, 0.25) is 0 Å². The molecule has 0 N–H and O–H groups in total. The van der Waals surface area contributed by atoms with Crippen LogP contribution in [0.5, 0.6) is 0 Å². The van der Waals surface area contributed by atoms with Gasteiger partial charge in [0, 0.05) is 0 Å². The molecule has 2 aliphatic carbocycles. The van der Waals surface area contributed by atoms with Gasteiger partial charge in [0.2, 0.25) is 0 Å². The largest absolute Gasteiger partial charge is 0.0622 e. The molecular weight excluding hydrogens is 168 g/mol. The van der Waals surface area contributed by atoms with Crippen molar-refractivity contribution in [1.29, 1.82) is 0 Å². The Balaban J connectivity index is 1.53. The fraction of sp³-hybridized carbons (Fsp3) is 1.00. The van der Waals surface area contributed by atoms with Crippen molar-refractivity contribution in [2.75, 3.05) is 0 Å². The number of hydrogen-bond donors (Lipinski definition) is 0. The van der Waals surface area contributed by atoms with E-state index in [2.05, 4.69) is 6.92 Å². The van der Waals surface area contributed by atoms with Gasteiger partial charge in [-0.2, -0.15) is 0 Å². The Kier molecular flexibility index (Phi) is 3.89. The van der Waals surface area contributed by atoms with E-state index < -0.39 is 0 Å². The average molecular weight is 194 g/mol. The van der Waals surface area contributed by atoms with Crippen LogP contribution in [0.25, 0.3) is 0 Å². The quantitative estimate of drug-likeness (QED) is 0.604. The second-order valence-electron chi connectivity index (χ2n) is 5.75. The monoisotopic (exact) mass is 194 g/mol. The summed E-state index contributed by atoms with van der Waals surface area (Å²) in [5, 5.41) is 0. The topological polar surface area (TPSA) is 0 Å². The van der Waals surface area contributed by atoms with E-state index in [-0.39, 0.29) is 0 Å². The first-order chi connectivity index (χ1) is 6.86. The van der Waals surface area contributed by atoms with Crippen LogP contribution in [0.1, 0.15) is 71.1 Å². The first-order valence-corrected chi connectivity index (χ1v) is 6.86. The zero-order valence-electron chi connectivity index (χ0n) is 9.80. The number of rotatable bonds is 4. The third kappa shape index (κ3) is 2.74. The van der Waals surface area contributed by atoms with Gasteiger partial charge in [0.1, 0.15) is 0 Å². The maximum Gasteiger partial charge on any atom is -0.0388 e. The molecule has 0 aliphatic heterocycles. The molecule has 14 heavy (non-hydrogen) atoms. The van der Waals surface area contributed by atoms with Crippen molar-refractivity contribution in [1.82, 2.24) is 0 Å². The summed E-state index contributed by atoms with van der Waals surface area (Å²) < 4.78 is 0. The van der Waals surface area contributed by atoms with E-state index in [0.717, 1.165) is 17.8 Å². The predicted octanol–water partition coefficient (Wildman–Crippen LogP) is 4.78. The van der Waals surface area contributed by atoms with Gasteiger partial charge in [-0.05, 0) is 24.2 Å². The Morgan fingerprint density at radius 2 is 1.64 bits per heavy atom. The minimum absolute atomic E-state index is 1.06. The Morgan fingerprint density at radius 1 is 0.857 bits per heavy atom. The molecule has 0 saturated heterocycles. The Labute approximate surface area is 89.5 Å². The van der Waals surface area contributed by atoms with Crippen LogP contribution in [0.15, 0.2) is 0 Å². The molecule has 0 aromatic carbocycles. The third-order valence-corrected chi connectivity index (χ3v) is 4.71. The first-order valence-electron chi connectivity index (χ1n) is 6.86. The van der Waals surface area contributed by atoms with E-state index in [4.69, 9.17) is 0 Å². The first kappa shape index (κ1) is 10.5. The van der Waals surface area contributed by atoms with Crippen LogP contribution in [-0.4, -0.2) is 0 Å². The van der Waals surface area contributed by atoms with Crippen molar-refractivity contribution in [3.05, 3.63) is 0 Å². The van der Waals surface area contributed by atoms with Gasteiger partial charge >= 0.3 is 0 Å². The van der Waals surface area contributed by atoms with Gasteiger partial charge in [-0.25, -0.2) is 0 Å². The maximum atomic E-state index is 2.44.